The summed E-state index contributed by atoms with van der Waals surface area (Å²) in [6, 6.07) is 0. The van der Waals surface area contributed by atoms with Crippen LogP contribution in [0.4, 0.5) is 0 Å². The Morgan fingerprint density at radius 2 is 1.94 bits per heavy atom. The van der Waals surface area contributed by atoms with E-state index >= 15 is 0 Å². The van der Waals surface area contributed by atoms with E-state index < -0.39 is 0 Å². The van der Waals surface area contributed by atoms with Gasteiger partial charge in [0, 0.05) is 31.7 Å². The van der Waals surface area contributed by atoms with Crippen LogP contribution >= 0.6 is 0 Å². The van der Waals surface area contributed by atoms with Gasteiger partial charge >= 0.3 is 0 Å². The molecule has 100 valence electrons. The highest BCUT2D eigenvalue weighted by Crippen LogP contribution is 2.35. The van der Waals surface area contributed by atoms with Crippen LogP contribution in [0.2, 0.25) is 0 Å². The SMILES string of the molecule is OCC1(CNCC2CCCCO2)CCCCC1. The Balaban J connectivity index is 1.68. The first-order valence-electron chi connectivity index (χ1n) is 7.28. The standard InChI is InChI=1S/C14H27NO2/c16-12-14(7-3-1-4-8-14)11-15-10-13-6-2-5-9-17-13/h13,15-16H,1-12H2. The Hall–Kier alpha value is -0.120. The fraction of sp³-hybridized carbons (Fsp3) is 1.00. The summed E-state index contributed by atoms with van der Waals surface area (Å²) >= 11 is 0. The second kappa shape index (κ2) is 6.72. The minimum atomic E-state index is 0.160. The summed E-state index contributed by atoms with van der Waals surface area (Å²) in [5.41, 5.74) is 0.160. The van der Waals surface area contributed by atoms with E-state index in [4.69, 9.17) is 4.74 Å². The molecule has 0 aromatic heterocycles. The first-order chi connectivity index (χ1) is 8.35. The van der Waals surface area contributed by atoms with E-state index in [1.807, 2.05) is 0 Å². The van der Waals surface area contributed by atoms with Crippen molar-refractivity contribution < 1.29 is 9.84 Å². The third-order valence-electron chi connectivity index (χ3n) is 4.40. The monoisotopic (exact) mass is 241 g/mol. The second-order valence-corrected chi connectivity index (χ2v) is 5.84. The molecule has 1 aliphatic heterocycles. The van der Waals surface area contributed by atoms with Gasteiger partial charge in [-0.3, -0.25) is 0 Å². The second-order valence-electron chi connectivity index (χ2n) is 5.84. The number of rotatable bonds is 5. The maximum atomic E-state index is 9.61. The highest BCUT2D eigenvalue weighted by Gasteiger charge is 2.31. The highest BCUT2D eigenvalue weighted by atomic mass is 16.5. The van der Waals surface area contributed by atoms with Gasteiger partial charge in [0.25, 0.3) is 0 Å². The van der Waals surface area contributed by atoms with Crippen LogP contribution < -0.4 is 5.32 Å². The van der Waals surface area contributed by atoms with Crippen molar-refractivity contribution in [3.05, 3.63) is 0 Å². The Kier molecular flexibility index (Phi) is 5.26. The van der Waals surface area contributed by atoms with Gasteiger partial charge in [-0.2, -0.15) is 0 Å². The molecule has 2 fully saturated rings. The molecule has 0 aromatic carbocycles. The predicted octanol–water partition coefficient (Wildman–Crippen LogP) is 2.09. The molecule has 1 saturated carbocycles. The largest absolute Gasteiger partial charge is 0.396 e. The number of hydrogen-bond acceptors (Lipinski definition) is 3. The van der Waals surface area contributed by atoms with E-state index in [0.29, 0.717) is 12.7 Å². The van der Waals surface area contributed by atoms with Crippen LogP contribution in [0.1, 0.15) is 51.4 Å². The average molecular weight is 241 g/mol. The van der Waals surface area contributed by atoms with Crippen LogP contribution in [0.5, 0.6) is 0 Å². The fourth-order valence-electron chi connectivity index (χ4n) is 3.16. The molecule has 0 bridgehead atoms. The highest BCUT2D eigenvalue weighted by molar-refractivity contribution is 4.84. The van der Waals surface area contributed by atoms with Crippen LogP contribution in [-0.2, 0) is 4.74 Å². The van der Waals surface area contributed by atoms with Crippen molar-refractivity contribution in [2.24, 2.45) is 5.41 Å². The molecule has 1 heterocycles. The van der Waals surface area contributed by atoms with Crippen LogP contribution in [0, 0.1) is 5.41 Å². The lowest BCUT2D eigenvalue weighted by atomic mass is 9.74. The number of nitrogens with one attached hydrogen (secondary N) is 1. The zero-order chi connectivity index (χ0) is 12.0. The molecule has 2 rings (SSSR count). The molecule has 3 nitrogen and oxygen atoms in total. The molecule has 2 aliphatic rings. The summed E-state index contributed by atoms with van der Waals surface area (Å²) < 4.78 is 5.71. The number of aliphatic hydroxyl groups excluding tert-OH is 1. The summed E-state index contributed by atoms with van der Waals surface area (Å²) in [6.45, 7) is 3.19. The van der Waals surface area contributed by atoms with E-state index in [-0.39, 0.29) is 5.41 Å². The van der Waals surface area contributed by atoms with Crippen molar-refractivity contribution in [1.82, 2.24) is 5.32 Å². The van der Waals surface area contributed by atoms with Gasteiger partial charge in [0.05, 0.1) is 6.10 Å². The Morgan fingerprint density at radius 1 is 1.12 bits per heavy atom. The molecule has 1 aliphatic carbocycles. The van der Waals surface area contributed by atoms with E-state index in [9.17, 15) is 5.11 Å². The van der Waals surface area contributed by atoms with Gasteiger partial charge in [0.2, 0.25) is 0 Å². The van der Waals surface area contributed by atoms with E-state index in [2.05, 4.69) is 5.32 Å². The third-order valence-corrected chi connectivity index (χ3v) is 4.40. The molecule has 17 heavy (non-hydrogen) atoms. The minimum Gasteiger partial charge on any atom is -0.396 e. The van der Waals surface area contributed by atoms with E-state index in [1.54, 1.807) is 0 Å². The van der Waals surface area contributed by atoms with Crippen molar-refractivity contribution in [2.45, 2.75) is 57.5 Å². The Labute approximate surface area is 105 Å². The smallest absolute Gasteiger partial charge is 0.0699 e. The fourth-order valence-corrected chi connectivity index (χ4v) is 3.16. The minimum absolute atomic E-state index is 0.160. The van der Waals surface area contributed by atoms with Crippen molar-refractivity contribution in [2.75, 3.05) is 26.3 Å². The Bertz CT molecular complexity index is 208. The lowest BCUT2D eigenvalue weighted by molar-refractivity contribution is 0.0118. The molecule has 0 aromatic rings. The summed E-state index contributed by atoms with van der Waals surface area (Å²) in [7, 11) is 0. The summed E-state index contributed by atoms with van der Waals surface area (Å²) in [4.78, 5) is 0. The van der Waals surface area contributed by atoms with E-state index in [0.717, 1.165) is 19.7 Å². The molecule has 0 radical (unpaired) electrons. The maximum Gasteiger partial charge on any atom is 0.0699 e. The van der Waals surface area contributed by atoms with Gasteiger partial charge in [-0.25, -0.2) is 0 Å². The van der Waals surface area contributed by atoms with Gasteiger partial charge in [-0.1, -0.05) is 19.3 Å². The molecule has 0 spiro atoms. The number of hydrogen-bond donors (Lipinski definition) is 2. The lowest BCUT2D eigenvalue weighted by Crippen LogP contribution is -2.42. The van der Waals surface area contributed by atoms with Crippen LogP contribution in [-0.4, -0.2) is 37.5 Å². The van der Waals surface area contributed by atoms with E-state index in [1.165, 1.54) is 51.4 Å². The summed E-state index contributed by atoms with van der Waals surface area (Å²) in [5, 5.41) is 13.1. The summed E-state index contributed by atoms with van der Waals surface area (Å²) in [6.07, 6.45) is 10.4. The van der Waals surface area contributed by atoms with Gasteiger partial charge in [0.1, 0.15) is 0 Å². The first-order valence-corrected chi connectivity index (χ1v) is 7.28. The molecular weight excluding hydrogens is 214 g/mol. The van der Waals surface area contributed by atoms with Crippen LogP contribution in [0.25, 0.3) is 0 Å². The van der Waals surface area contributed by atoms with Crippen LogP contribution in [0.15, 0.2) is 0 Å². The third kappa shape index (κ3) is 3.94. The van der Waals surface area contributed by atoms with Crippen molar-refractivity contribution in [1.29, 1.82) is 0 Å². The molecule has 1 atom stereocenters. The van der Waals surface area contributed by atoms with Crippen molar-refractivity contribution >= 4 is 0 Å². The average Bonchev–Trinajstić information content (AvgIpc) is 2.41. The first kappa shape index (κ1) is 13.3. The van der Waals surface area contributed by atoms with Crippen molar-refractivity contribution in [3.63, 3.8) is 0 Å². The zero-order valence-electron chi connectivity index (χ0n) is 10.9. The van der Waals surface area contributed by atoms with Crippen molar-refractivity contribution in [3.8, 4) is 0 Å². The predicted molar refractivity (Wildman–Crippen MR) is 69.1 cm³/mol. The van der Waals surface area contributed by atoms with Crippen LogP contribution in [0.3, 0.4) is 0 Å². The van der Waals surface area contributed by atoms with Gasteiger partial charge in [-0.05, 0) is 32.1 Å². The number of aliphatic hydroxyl groups is 1. The molecular formula is C14H27NO2. The molecule has 0 amide bonds. The summed E-state index contributed by atoms with van der Waals surface area (Å²) in [5.74, 6) is 0. The normalized spacial score (nSPS) is 29.1. The topological polar surface area (TPSA) is 41.5 Å². The van der Waals surface area contributed by atoms with Gasteiger partial charge in [0.15, 0.2) is 0 Å². The molecule has 1 saturated heterocycles. The van der Waals surface area contributed by atoms with Gasteiger partial charge in [-0.15, -0.1) is 0 Å². The number of ether oxygens (including phenoxy) is 1. The zero-order valence-corrected chi connectivity index (χ0v) is 10.9. The quantitative estimate of drug-likeness (QED) is 0.774. The molecule has 1 unspecified atom stereocenters. The van der Waals surface area contributed by atoms with Gasteiger partial charge < -0.3 is 15.2 Å². The maximum absolute atomic E-state index is 9.61. The Morgan fingerprint density at radius 3 is 2.59 bits per heavy atom. The lowest BCUT2D eigenvalue weighted by Gasteiger charge is -2.36. The molecule has 3 heteroatoms. The molecule has 2 N–H and O–H groups in total.